The molecule has 6 heteroatoms. The molecule has 0 saturated heterocycles. The molecular formula is C49H47N4OPt-3. The van der Waals surface area contributed by atoms with E-state index in [1.54, 1.807) is 0 Å². The molecule has 0 saturated carbocycles. The molecular weight excluding hydrogens is 856 g/mol. The number of pyridine rings is 1. The fourth-order valence-electron chi connectivity index (χ4n) is 7.19. The summed E-state index contributed by atoms with van der Waals surface area (Å²) in [5.74, 6) is 2.08. The molecule has 0 spiro atoms. The molecule has 0 aliphatic carbocycles. The fourth-order valence-corrected chi connectivity index (χ4v) is 7.19. The Morgan fingerprint density at radius 3 is 2.04 bits per heavy atom. The molecule has 7 aromatic rings. The molecule has 0 amide bonds. The van der Waals surface area contributed by atoms with Crippen molar-refractivity contribution in [3.8, 4) is 17.3 Å². The average molecular weight is 903 g/mol. The maximum Gasteiger partial charge on any atom is 0.135 e. The van der Waals surface area contributed by atoms with E-state index in [4.69, 9.17) is 9.72 Å². The zero-order chi connectivity index (χ0) is 37.8. The van der Waals surface area contributed by atoms with Crippen LogP contribution < -0.4 is 14.5 Å². The second kappa shape index (κ2) is 14.5. The van der Waals surface area contributed by atoms with Crippen LogP contribution in [0.3, 0.4) is 0 Å². The van der Waals surface area contributed by atoms with Crippen molar-refractivity contribution in [3.63, 3.8) is 0 Å². The summed E-state index contributed by atoms with van der Waals surface area (Å²) >= 11 is 0. The largest absolute Gasteiger partial charge is 0.509 e. The van der Waals surface area contributed by atoms with Crippen molar-refractivity contribution in [1.82, 2.24) is 9.55 Å². The van der Waals surface area contributed by atoms with Crippen molar-refractivity contribution in [2.75, 3.05) is 9.80 Å². The number of para-hydroxylation sites is 1. The van der Waals surface area contributed by atoms with Crippen LogP contribution in [0.25, 0.3) is 27.6 Å². The Balaban J connectivity index is 0.00000465. The van der Waals surface area contributed by atoms with E-state index in [1.807, 2.05) is 12.3 Å². The summed E-state index contributed by atoms with van der Waals surface area (Å²) in [7, 11) is 0. The van der Waals surface area contributed by atoms with Crippen LogP contribution in [0.1, 0.15) is 77.6 Å². The van der Waals surface area contributed by atoms with E-state index in [-0.39, 0.29) is 37.3 Å². The third-order valence-corrected chi connectivity index (χ3v) is 10.6. The number of fused-ring (bicyclic) bond motifs is 3. The Morgan fingerprint density at radius 1 is 0.582 bits per heavy atom. The van der Waals surface area contributed by atoms with Crippen molar-refractivity contribution in [3.05, 3.63) is 175 Å². The normalized spacial score (nSPS) is 13.5. The fraction of sp³-hybridized carbons (Fsp3) is 0.224. The minimum Gasteiger partial charge on any atom is -0.509 e. The number of ether oxygens (including phenoxy) is 1. The van der Waals surface area contributed by atoms with Gasteiger partial charge in [-0.1, -0.05) is 122 Å². The molecule has 1 aliphatic rings. The van der Waals surface area contributed by atoms with Gasteiger partial charge in [0.1, 0.15) is 5.82 Å². The van der Waals surface area contributed by atoms with Gasteiger partial charge < -0.3 is 19.1 Å². The van der Waals surface area contributed by atoms with E-state index < -0.39 is 0 Å². The van der Waals surface area contributed by atoms with Gasteiger partial charge in [0.2, 0.25) is 0 Å². The first-order valence-electron chi connectivity index (χ1n) is 18.7. The monoisotopic (exact) mass is 902 g/mol. The molecule has 0 N–H and O–H groups in total. The molecule has 282 valence electrons. The van der Waals surface area contributed by atoms with Crippen molar-refractivity contribution >= 4 is 33.2 Å². The van der Waals surface area contributed by atoms with Gasteiger partial charge >= 0.3 is 0 Å². The van der Waals surface area contributed by atoms with Crippen LogP contribution in [0.4, 0.5) is 11.4 Å². The second-order valence-corrected chi connectivity index (χ2v) is 16.8. The maximum absolute atomic E-state index is 6.76. The third kappa shape index (κ3) is 7.47. The van der Waals surface area contributed by atoms with Gasteiger partial charge in [0, 0.05) is 50.0 Å². The summed E-state index contributed by atoms with van der Waals surface area (Å²) in [6.07, 6.45) is 6.07. The molecule has 5 aromatic carbocycles. The van der Waals surface area contributed by atoms with Crippen LogP contribution in [-0.2, 0) is 37.3 Å². The molecule has 3 heterocycles. The Labute approximate surface area is 340 Å². The Morgan fingerprint density at radius 2 is 1.27 bits per heavy atom. The number of hydrogen-bond acceptors (Lipinski definition) is 4. The van der Waals surface area contributed by atoms with Crippen molar-refractivity contribution in [1.29, 1.82) is 0 Å². The molecule has 5 nitrogen and oxygen atoms in total. The standard InChI is InChI=1S/C49H47N4O.Pt/c1-47(2,3)35-17-14-18-38(27-35)51-25-26-52(33-51)39-28-37(49(7,8)34-15-10-9-11-16-34)29-41(31-39)54-40-21-22-43-42-19-12-13-20-44(42)53(45(43)32-40)46-30-36(23-24-50-46)48(4,5)6;/h9-30,33H,1-8H3;/q-3;. The molecule has 0 radical (unpaired) electrons. The number of benzene rings is 5. The minimum absolute atomic E-state index is 0. The molecule has 8 rings (SSSR count). The van der Waals surface area contributed by atoms with Gasteiger partial charge in [0.15, 0.2) is 0 Å². The number of anilines is 2. The van der Waals surface area contributed by atoms with Crippen LogP contribution in [0.2, 0.25) is 0 Å². The van der Waals surface area contributed by atoms with E-state index >= 15 is 0 Å². The summed E-state index contributed by atoms with van der Waals surface area (Å²) in [5.41, 5.74) is 8.56. The van der Waals surface area contributed by atoms with Gasteiger partial charge in [-0.05, 0) is 81.1 Å². The molecule has 2 aromatic heterocycles. The first-order valence-corrected chi connectivity index (χ1v) is 18.7. The van der Waals surface area contributed by atoms with Crippen molar-refractivity contribution in [2.45, 2.75) is 71.6 Å². The number of hydrogen-bond donors (Lipinski definition) is 0. The predicted molar refractivity (Wildman–Crippen MR) is 224 cm³/mol. The number of nitrogens with zero attached hydrogens (tertiary/aromatic N) is 4. The van der Waals surface area contributed by atoms with Crippen LogP contribution in [0.15, 0.2) is 134 Å². The summed E-state index contributed by atoms with van der Waals surface area (Å²) in [5, 5.41) is 2.24. The quantitative estimate of drug-likeness (QED) is 0.149. The van der Waals surface area contributed by atoms with Crippen molar-refractivity contribution in [2.24, 2.45) is 0 Å². The number of rotatable bonds is 7. The van der Waals surface area contributed by atoms with E-state index in [0.717, 1.165) is 44.6 Å². The van der Waals surface area contributed by atoms with Crippen LogP contribution >= 0.6 is 0 Å². The Bertz CT molecular complexity index is 2520. The summed E-state index contributed by atoms with van der Waals surface area (Å²) in [6, 6.07) is 47.8. The molecule has 0 unspecified atom stereocenters. The van der Waals surface area contributed by atoms with E-state index in [2.05, 4.69) is 210 Å². The summed E-state index contributed by atoms with van der Waals surface area (Å²) in [6.45, 7) is 20.0. The molecule has 0 fully saturated rings. The molecule has 1 aliphatic heterocycles. The van der Waals surface area contributed by atoms with E-state index in [1.165, 1.54) is 16.7 Å². The minimum atomic E-state index is -0.308. The Hall–Kier alpha value is -5.12. The first kappa shape index (κ1) is 38.2. The van der Waals surface area contributed by atoms with Crippen LogP contribution in [0.5, 0.6) is 11.5 Å². The van der Waals surface area contributed by atoms with Crippen LogP contribution in [0, 0.1) is 18.8 Å². The zero-order valence-electron chi connectivity index (χ0n) is 32.8. The van der Waals surface area contributed by atoms with E-state index in [0.29, 0.717) is 11.5 Å². The average Bonchev–Trinajstić information content (AvgIpc) is 3.78. The molecule has 55 heavy (non-hydrogen) atoms. The van der Waals surface area contributed by atoms with Gasteiger partial charge in [-0.3, -0.25) is 0 Å². The summed E-state index contributed by atoms with van der Waals surface area (Å²) in [4.78, 5) is 9.12. The first-order chi connectivity index (χ1) is 25.8. The van der Waals surface area contributed by atoms with E-state index in [9.17, 15) is 0 Å². The van der Waals surface area contributed by atoms with Gasteiger partial charge in [0.05, 0.1) is 0 Å². The van der Waals surface area contributed by atoms with Gasteiger partial charge in [-0.25, -0.2) is 4.98 Å². The van der Waals surface area contributed by atoms with Crippen molar-refractivity contribution < 1.29 is 25.8 Å². The third-order valence-electron chi connectivity index (χ3n) is 10.6. The zero-order valence-corrected chi connectivity index (χ0v) is 35.1. The maximum atomic E-state index is 6.76. The summed E-state index contributed by atoms with van der Waals surface area (Å²) < 4.78 is 8.96. The van der Waals surface area contributed by atoms with Gasteiger partial charge in [0.25, 0.3) is 0 Å². The van der Waals surface area contributed by atoms with Gasteiger partial charge in [-0.15, -0.1) is 53.6 Å². The topological polar surface area (TPSA) is 33.5 Å². The van der Waals surface area contributed by atoms with Gasteiger partial charge in [-0.2, -0.15) is 6.07 Å². The second-order valence-electron chi connectivity index (χ2n) is 16.8. The van der Waals surface area contributed by atoms with Crippen LogP contribution in [-0.4, -0.2) is 9.55 Å². The molecule has 0 atom stereocenters. The predicted octanol–water partition coefficient (Wildman–Crippen LogP) is 12.4. The molecule has 0 bridgehead atoms. The number of aromatic nitrogens is 2. The smallest absolute Gasteiger partial charge is 0.135 e. The SMILES string of the molecule is CC(C)(C)c1cccc(N2C=CN(c3[c-]c(Oc4[c-]c5c(cc4)c4ccccc4n5-c4cc(C(C)(C)C)ccn4)cc(C(C)(C)c4ccccc4)c3)[CH-]2)c1.[Pt]. The Kier molecular flexibility index (Phi) is 10.1.